The van der Waals surface area contributed by atoms with Crippen molar-refractivity contribution in [3.05, 3.63) is 35.4 Å². The molecule has 0 aliphatic rings. The minimum atomic E-state index is -0.386. The molecule has 0 spiro atoms. The van der Waals surface area contributed by atoms with E-state index in [0.29, 0.717) is 5.56 Å². The number of esters is 1. The summed E-state index contributed by atoms with van der Waals surface area (Å²) in [5.74, 6) is -0.291. The average Bonchev–Trinajstić information content (AvgIpc) is 2.81. The maximum Gasteiger partial charge on any atom is 0.337 e. The highest BCUT2D eigenvalue weighted by molar-refractivity contribution is 5.90. The monoisotopic (exact) mass is 246 g/mol. The predicted octanol–water partition coefficient (Wildman–Crippen LogP) is -0.0759. The van der Waals surface area contributed by atoms with Crippen LogP contribution in [0.15, 0.2) is 29.4 Å². The van der Waals surface area contributed by atoms with Gasteiger partial charge in [-0.2, -0.15) is 5.10 Å². The van der Waals surface area contributed by atoms with Crippen molar-refractivity contribution in [2.45, 2.75) is 0 Å². The standard InChI is InChI=1S/C10H10N6O2/c1-18-9(17)8-4-2-7(3-5-8)6-12-16-10(11)13-14-15-16/h2-6H,1H3,(H2,11,13,15). The fraction of sp³-hybridized carbons (Fsp3) is 0.100. The maximum absolute atomic E-state index is 11.2. The maximum atomic E-state index is 11.2. The van der Waals surface area contributed by atoms with E-state index >= 15 is 0 Å². The second-order valence-electron chi connectivity index (χ2n) is 3.28. The van der Waals surface area contributed by atoms with Gasteiger partial charge >= 0.3 is 5.97 Å². The topological polar surface area (TPSA) is 108 Å². The van der Waals surface area contributed by atoms with Crippen LogP contribution in [-0.2, 0) is 4.74 Å². The Balaban J connectivity index is 2.14. The van der Waals surface area contributed by atoms with E-state index in [4.69, 9.17) is 5.73 Å². The lowest BCUT2D eigenvalue weighted by molar-refractivity contribution is 0.0601. The minimum absolute atomic E-state index is 0.0948. The number of carbonyl (C=O) groups excluding carboxylic acids is 1. The van der Waals surface area contributed by atoms with Gasteiger partial charge in [-0.25, -0.2) is 4.79 Å². The number of anilines is 1. The van der Waals surface area contributed by atoms with E-state index in [9.17, 15) is 4.79 Å². The van der Waals surface area contributed by atoms with Crippen molar-refractivity contribution in [3.8, 4) is 0 Å². The summed E-state index contributed by atoms with van der Waals surface area (Å²) >= 11 is 0. The summed E-state index contributed by atoms with van der Waals surface area (Å²) in [5, 5.41) is 14.3. The summed E-state index contributed by atoms with van der Waals surface area (Å²) in [6.07, 6.45) is 1.52. The number of hydrogen-bond donors (Lipinski definition) is 1. The van der Waals surface area contributed by atoms with Gasteiger partial charge in [0.1, 0.15) is 0 Å². The van der Waals surface area contributed by atoms with Crippen LogP contribution in [0, 0.1) is 0 Å². The molecule has 1 heterocycles. The number of aromatic nitrogens is 4. The third-order valence-electron chi connectivity index (χ3n) is 2.12. The fourth-order valence-corrected chi connectivity index (χ4v) is 1.22. The lowest BCUT2D eigenvalue weighted by Gasteiger charge is -1.98. The van der Waals surface area contributed by atoms with Gasteiger partial charge in [-0.05, 0) is 28.1 Å². The smallest absolute Gasteiger partial charge is 0.337 e. The second-order valence-corrected chi connectivity index (χ2v) is 3.28. The third kappa shape index (κ3) is 2.48. The van der Waals surface area contributed by atoms with Crippen molar-refractivity contribution >= 4 is 18.1 Å². The molecule has 8 heteroatoms. The number of nitrogens with two attached hydrogens (primary N) is 1. The highest BCUT2D eigenvalue weighted by atomic mass is 16.5. The fourth-order valence-electron chi connectivity index (χ4n) is 1.22. The molecule has 0 fully saturated rings. The number of rotatable bonds is 3. The van der Waals surface area contributed by atoms with E-state index in [-0.39, 0.29) is 11.9 Å². The number of carbonyl (C=O) groups is 1. The minimum Gasteiger partial charge on any atom is -0.465 e. The van der Waals surface area contributed by atoms with E-state index in [2.05, 4.69) is 25.4 Å². The quantitative estimate of drug-likeness (QED) is 0.599. The number of nitrogens with zero attached hydrogens (tertiary/aromatic N) is 5. The first kappa shape index (κ1) is 11.7. The Kier molecular flexibility index (Phi) is 3.28. The number of ether oxygens (including phenoxy) is 1. The summed E-state index contributed by atoms with van der Waals surface area (Å²) in [5.41, 5.74) is 6.68. The van der Waals surface area contributed by atoms with Gasteiger partial charge in [0.25, 0.3) is 5.95 Å². The van der Waals surface area contributed by atoms with E-state index < -0.39 is 0 Å². The lowest BCUT2D eigenvalue weighted by atomic mass is 10.1. The molecule has 0 aliphatic carbocycles. The first-order valence-corrected chi connectivity index (χ1v) is 4.97. The predicted molar refractivity (Wildman–Crippen MR) is 63.0 cm³/mol. The molecule has 2 rings (SSSR count). The molecular formula is C10H10N6O2. The highest BCUT2D eigenvalue weighted by Gasteiger charge is 2.03. The molecule has 2 N–H and O–H groups in total. The Morgan fingerprint density at radius 2 is 2.17 bits per heavy atom. The van der Waals surface area contributed by atoms with Crippen molar-refractivity contribution in [3.63, 3.8) is 0 Å². The molecule has 2 aromatic rings. The van der Waals surface area contributed by atoms with E-state index in [1.807, 2.05) is 0 Å². The molecule has 0 amide bonds. The van der Waals surface area contributed by atoms with Crippen molar-refractivity contribution in [2.75, 3.05) is 12.8 Å². The number of hydrogen-bond acceptors (Lipinski definition) is 7. The Morgan fingerprint density at radius 3 is 2.72 bits per heavy atom. The molecule has 0 aliphatic heterocycles. The summed E-state index contributed by atoms with van der Waals surface area (Å²) in [4.78, 5) is 12.3. The molecule has 0 saturated heterocycles. The first-order chi connectivity index (χ1) is 8.70. The van der Waals surface area contributed by atoms with Gasteiger partial charge in [-0.3, -0.25) is 0 Å². The third-order valence-corrected chi connectivity index (χ3v) is 2.12. The lowest BCUT2D eigenvalue weighted by Crippen LogP contribution is -2.01. The van der Waals surface area contributed by atoms with Gasteiger partial charge in [0.15, 0.2) is 0 Å². The van der Waals surface area contributed by atoms with Crippen LogP contribution in [-0.4, -0.2) is 39.6 Å². The van der Waals surface area contributed by atoms with Crippen LogP contribution in [0.1, 0.15) is 15.9 Å². The average molecular weight is 246 g/mol. The zero-order valence-corrected chi connectivity index (χ0v) is 9.52. The summed E-state index contributed by atoms with van der Waals surface area (Å²) in [6, 6.07) is 6.71. The van der Waals surface area contributed by atoms with Gasteiger partial charge in [-0.15, -0.1) is 0 Å². The Labute approximate surface area is 102 Å². The molecule has 1 aromatic carbocycles. The van der Waals surface area contributed by atoms with Crippen LogP contribution in [0.25, 0.3) is 0 Å². The second kappa shape index (κ2) is 5.04. The normalized spacial score (nSPS) is 10.7. The summed E-state index contributed by atoms with van der Waals surface area (Å²) in [7, 11) is 1.33. The molecule has 0 radical (unpaired) electrons. The number of nitrogen functional groups attached to an aromatic ring is 1. The van der Waals surface area contributed by atoms with Gasteiger partial charge in [-0.1, -0.05) is 22.0 Å². The van der Waals surface area contributed by atoms with Gasteiger partial charge in [0.05, 0.1) is 18.9 Å². The molecule has 0 unspecified atom stereocenters. The van der Waals surface area contributed by atoms with Crippen LogP contribution < -0.4 is 5.73 Å². The van der Waals surface area contributed by atoms with Gasteiger partial charge in [0.2, 0.25) is 0 Å². The molecule has 0 bridgehead atoms. The van der Waals surface area contributed by atoms with Crippen LogP contribution >= 0.6 is 0 Å². The molecule has 1 aromatic heterocycles. The van der Waals surface area contributed by atoms with Crippen LogP contribution in [0.4, 0.5) is 5.95 Å². The van der Waals surface area contributed by atoms with Crippen molar-refractivity contribution in [2.24, 2.45) is 5.10 Å². The summed E-state index contributed by atoms with van der Waals surface area (Å²) < 4.78 is 4.59. The molecule has 8 nitrogen and oxygen atoms in total. The van der Waals surface area contributed by atoms with Gasteiger partial charge in [0, 0.05) is 0 Å². The van der Waals surface area contributed by atoms with E-state index in [1.165, 1.54) is 13.3 Å². The van der Waals surface area contributed by atoms with Crippen LogP contribution in [0.2, 0.25) is 0 Å². The van der Waals surface area contributed by atoms with E-state index in [0.717, 1.165) is 10.4 Å². The Hall–Kier alpha value is -2.77. The summed E-state index contributed by atoms with van der Waals surface area (Å²) in [6.45, 7) is 0. The van der Waals surface area contributed by atoms with E-state index in [1.54, 1.807) is 24.3 Å². The molecule has 92 valence electrons. The Bertz CT molecular complexity index is 574. The number of tetrazole rings is 1. The SMILES string of the molecule is COC(=O)c1ccc(C=Nn2nnnc2N)cc1. The largest absolute Gasteiger partial charge is 0.465 e. The van der Waals surface area contributed by atoms with Gasteiger partial charge < -0.3 is 10.5 Å². The number of methoxy groups -OCH3 is 1. The van der Waals surface area contributed by atoms with Crippen molar-refractivity contribution in [1.29, 1.82) is 0 Å². The molecule has 0 saturated carbocycles. The molecular weight excluding hydrogens is 236 g/mol. The molecule has 0 atom stereocenters. The van der Waals surface area contributed by atoms with Crippen LogP contribution in [0.5, 0.6) is 0 Å². The van der Waals surface area contributed by atoms with Crippen molar-refractivity contribution < 1.29 is 9.53 Å². The zero-order valence-electron chi connectivity index (χ0n) is 9.52. The first-order valence-electron chi connectivity index (χ1n) is 4.97. The van der Waals surface area contributed by atoms with Crippen molar-refractivity contribution in [1.82, 2.24) is 20.3 Å². The molecule has 18 heavy (non-hydrogen) atoms. The Morgan fingerprint density at radius 1 is 1.44 bits per heavy atom. The number of benzene rings is 1. The zero-order chi connectivity index (χ0) is 13.0. The highest BCUT2D eigenvalue weighted by Crippen LogP contribution is 2.04. The van der Waals surface area contributed by atoms with Crippen LogP contribution in [0.3, 0.4) is 0 Å².